The van der Waals surface area contributed by atoms with E-state index >= 15 is 0 Å². The summed E-state index contributed by atoms with van der Waals surface area (Å²) in [5.41, 5.74) is 6.11. The number of carboxylic acid groups (broad SMARTS) is 1. The fraction of sp³-hybridized carbons (Fsp3) is 0.286. The normalized spacial score (nSPS) is 9.60. The van der Waals surface area contributed by atoms with E-state index in [0.29, 0.717) is 5.00 Å². The maximum Gasteiger partial charge on any atom is 0.404 e. The number of hydrogen-bond acceptors (Lipinski definition) is 6. The molecule has 0 aliphatic heterocycles. The Bertz CT molecular complexity index is 365. The predicted octanol–water partition coefficient (Wildman–Crippen LogP) is 0.348. The molecule has 0 unspecified atom stereocenters. The Morgan fingerprint density at radius 2 is 2.40 bits per heavy atom. The van der Waals surface area contributed by atoms with Crippen molar-refractivity contribution in [2.45, 2.75) is 0 Å². The largest absolute Gasteiger partial charge is 0.476 e. The molecular weight excluding hydrogens is 222 g/mol. The van der Waals surface area contributed by atoms with Crippen LogP contribution in [-0.4, -0.2) is 35.3 Å². The van der Waals surface area contributed by atoms with E-state index in [1.54, 1.807) is 0 Å². The molecule has 0 aromatic carbocycles. The van der Waals surface area contributed by atoms with E-state index in [-0.39, 0.29) is 18.8 Å². The Morgan fingerprint density at radius 1 is 1.67 bits per heavy atom. The third-order valence-electron chi connectivity index (χ3n) is 1.40. The van der Waals surface area contributed by atoms with Gasteiger partial charge in [0.25, 0.3) is 0 Å². The molecule has 0 bridgehead atoms. The number of nitrogens with one attached hydrogen (secondary N) is 1. The molecule has 1 amide bonds. The number of carbonyl (C=O) groups is 2. The van der Waals surface area contributed by atoms with Gasteiger partial charge in [-0.05, 0) is 0 Å². The minimum absolute atomic E-state index is 0.0425. The summed E-state index contributed by atoms with van der Waals surface area (Å²) in [5.74, 6) is -1.10. The molecule has 82 valence electrons. The summed E-state index contributed by atoms with van der Waals surface area (Å²) in [4.78, 5) is 24.5. The first-order chi connectivity index (χ1) is 7.11. The summed E-state index contributed by atoms with van der Waals surface area (Å²) in [6.07, 6.45) is -0.862. The van der Waals surface area contributed by atoms with Crippen LogP contribution in [0.4, 0.5) is 9.80 Å². The summed E-state index contributed by atoms with van der Waals surface area (Å²) in [5, 5.41) is 11.9. The van der Waals surface area contributed by atoms with E-state index in [1.807, 2.05) is 0 Å². The molecule has 0 aliphatic carbocycles. The van der Waals surface area contributed by atoms with Gasteiger partial charge in [0.15, 0.2) is 5.69 Å². The quantitative estimate of drug-likeness (QED) is 0.630. The fourth-order valence-electron chi connectivity index (χ4n) is 0.840. The summed E-state index contributed by atoms with van der Waals surface area (Å²) >= 11 is 1.16. The first kappa shape index (κ1) is 11.2. The van der Waals surface area contributed by atoms with Crippen LogP contribution in [0.25, 0.3) is 0 Å². The van der Waals surface area contributed by atoms with Gasteiger partial charge in [-0.3, -0.25) is 0 Å². The minimum Gasteiger partial charge on any atom is -0.476 e. The molecular formula is C7H9N3O4S. The highest BCUT2D eigenvalue weighted by Crippen LogP contribution is 2.19. The Morgan fingerprint density at radius 3 is 3.00 bits per heavy atom. The van der Waals surface area contributed by atoms with Crippen molar-refractivity contribution < 1.29 is 19.4 Å². The van der Waals surface area contributed by atoms with E-state index in [2.05, 4.69) is 15.0 Å². The van der Waals surface area contributed by atoms with Gasteiger partial charge in [0.1, 0.15) is 11.6 Å². The van der Waals surface area contributed by atoms with Crippen molar-refractivity contribution in [2.24, 2.45) is 5.73 Å². The molecule has 0 atom stereocenters. The number of primary amides is 1. The highest BCUT2D eigenvalue weighted by molar-refractivity contribution is 7.14. The molecule has 0 saturated heterocycles. The van der Waals surface area contributed by atoms with Gasteiger partial charge in [-0.15, -0.1) is 11.3 Å². The number of aromatic nitrogens is 1. The number of nitrogens with two attached hydrogens (primary N) is 1. The topological polar surface area (TPSA) is 115 Å². The van der Waals surface area contributed by atoms with Crippen LogP contribution in [0, 0.1) is 0 Å². The standard InChI is InChI=1S/C7H9N3O4S/c8-7(13)14-2-1-9-5-4(6(11)12)10-3-15-5/h3,9H,1-2H2,(H2,8,13)(H,11,12). The maximum atomic E-state index is 10.6. The van der Waals surface area contributed by atoms with E-state index in [4.69, 9.17) is 10.8 Å². The van der Waals surface area contributed by atoms with Gasteiger partial charge in [0.2, 0.25) is 0 Å². The smallest absolute Gasteiger partial charge is 0.404 e. The number of nitrogens with zero attached hydrogens (tertiary/aromatic N) is 1. The van der Waals surface area contributed by atoms with Crippen LogP contribution in [0.1, 0.15) is 10.5 Å². The molecule has 1 aromatic rings. The second-order valence-corrected chi connectivity index (χ2v) is 3.28. The zero-order valence-electron chi connectivity index (χ0n) is 7.60. The van der Waals surface area contributed by atoms with Crippen LogP contribution in [0.3, 0.4) is 0 Å². The molecule has 0 spiro atoms. The molecule has 0 saturated carbocycles. The van der Waals surface area contributed by atoms with Crippen molar-refractivity contribution in [1.82, 2.24) is 4.98 Å². The molecule has 0 aliphatic rings. The molecule has 0 radical (unpaired) electrons. The molecule has 1 rings (SSSR count). The van der Waals surface area contributed by atoms with Crippen LogP contribution in [-0.2, 0) is 4.74 Å². The number of carboxylic acids is 1. The van der Waals surface area contributed by atoms with Gasteiger partial charge in [0, 0.05) is 6.54 Å². The summed E-state index contributed by atoms with van der Waals surface area (Å²) in [6, 6.07) is 0. The number of anilines is 1. The Balaban J connectivity index is 2.40. The molecule has 1 aromatic heterocycles. The van der Waals surface area contributed by atoms with Gasteiger partial charge < -0.3 is 20.9 Å². The number of rotatable bonds is 5. The van der Waals surface area contributed by atoms with Gasteiger partial charge in [-0.25, -0.2) is 14.6 Å². The second kappa shape index (κ2) is 5.15. The van der Waals surface area contributed by atoms with Crippen molar-refractivity contribution in [3.63, 3.8) is 0 Å². The monoisotopic (exact) mass is 231 g/mol. The molecule has 4 N–H and O–H groups in total. The fourth-order valence-corrected chi connectivity index (χ4v) is 1.54. The van der Waals surface area contributed by atoms with E-state index in [1.165, 1.54) is 5.51 Å². The van der Waals surface area contributed by atoms with Crippen molar-refractivity contribution in [3.8, 4) is 0 Å². The van der Waals surface area contributed by atoms with Crippen LogP contribution >= 0.6 is 11.3 Å². The molecule has 1 heterocycles. The lowest BCUT2D eigenvalue weighted by Gasteiger charge is -2.03. The Hall–Kier alpha value is -1.83. The van der Waals surface area contributed by atoms with Crippen LogP contribution in [0.5, 0.6) is 0 Å². The number of hydrogen-bond donors (Lipinski definition) is 3. The van der Waals surface area contributed by atoms with Gasteiger partial charge in [-0.2, -0.15) is 0 Å². The lowest BCUT2D eigenvalue weighted by atomic mass is 10.4. The predicted molar refractivity (Wildman–Crippen MR) is 53.1 cm³/mol. The van der Waals surface area contributed by atoms with Crippen molar-refractivity contribution >= 4 is 28.4 Å². The first-order valence-electron chi connectivity index (χ1n) is 3.94. The highest BCUT2D eigenvalue weighted by atomic mass is 32.1. The summed E-state index contributed by atoms with van der Waals surface area (Å²) in [7, 11) is 0. The van der Waals surface area contributed by atoms with Crippen molar-refractivity contribution in [3.05, 3.63) is 11.2 Å². The lowest BCUT2D eigenvalue weighted by Crippen LogP contribution is -2.18. The summed E-state index contributed by atoms with van der Waals surface area (Å²) in [6.45, 7) is 0.359. The number of thiazole rings is 1. The molecule has 15 heavy (non-hydrogen) atoms. The Kier molecular flexibility index (Phi) is 3.86. The number of carbonyl (C=O) groups excluding carboxylic acids is 1. The van der Waals surface area contributed by atoms with Crippen LogP contribution < -0.4 is 11.1 Å². The Labute approximate surface area is 88.9 Å². The van der Waals surface area contributed by atoms with Gasteiger partial charge in [0.05, 0.1) is 5.51 Å². The zero-order chi connectivity index (χ0) is 11.3. The van der Waals surface area contributed by atoms with E-state index < -0.39 is 12.1 Å². The highest BCUT2D eigenvalue weighted by Gasteiger charge is 2.12. The number of aromatic carboxylic acids is 1. The summed E-state index contributed by atoms with van der Waals surface area (Å²) < 4.78 is 4.45. The second-order valence-electron chi connectivity index (χ2n) is 2.43. The van der Waals surface area contributed by atoms with Crippen LogP contribution in [0.15, 0.2) is 5.51 Å². The van der Waals surface area contributed by atoms with E-state index in [9.17, 15) is 9.59 Å². The van der Waals surface area contributed by atoms with Crippen molar-refractivity contribution in [2.75, 3.05) is 18.5 Å². The molecule has 8 heteroatoms. The van der Waals surface area contributed by atoms with Crippen LogP contribution in [0.2, 0.25) is 0 Å². The number of amides is 1. The average molecular weight is 231 g/mol. The third-order valence-corrected chi connectivity index (χ3v) is 2.19. The average Bonchev–Trinajstić information content (AvgIpc) is 2.60. The third kappa shape index (κ3) is 3.43. The van der Waals surface area contributed by atoms with Gasteiger partial charge in [-0.1, -0.05) is 0 Å². The molecule has 7 nitrogen and oxygen atoms in total. The molecule has 0 fully saturated rings. The minimum atomic E-state index is -1.10. The number of ether oxygens (including phenoxy) is 1. The van der Waals surface area contributed by atoms with E-state index in [0.717, 1.165) is 11.3 Å². The first-order valence-corrected chi connectivity index (χ1v) is 4.82. The SMILES string of the molecule is NC(=O)OCCNc1scnc1C(=O)O. The zero-order valence-corrected chi connectivity index (χ0v) is 8.41. The van der Waals surface area contributed by atoms with Gasteiger partial charge >= 0.3 is 12.1 Å². The lowest BCUT2D eigenvalue weighted by molar-refractivity contribution is 0.0692. The van der Waals surface area contributed by atoms with Crippen molar-refractivity contribution in [1.29, 1.82) is 0 Å². The maximum absolute atomic E-state index is 10.6.